The number of hydrogen-bond acceptors (Lipinski definition) is 3. The van der Waals surface area contributed by atoms with E-state index in [4.69, 9.17) is 16.3 Å². The Labute approximate surface area is 178 Å². The molecule has 0 spiro atoms. The van der Waals surface area contributed by atoms with E-state index in [0.717, 1.165) is 10.9 Å². The second-order valence-electron chi connectivity index (χ2n) is 6.89. The minimum absolute atomic E-state index is 0.0709. The maximum Gasteiger partial charge on any atom is 0.322 e. The SMILES string of the molecule is COCCCN(C(=O)Nc1ccc(F)c(Cl)c1)[C@H](C)c1c[nH]c(=O)c2ccccc12. The summed E-state index contributed by atoms with van der Waals surface area (Å²) in [5.41, 5.74) is 1.02. The number of anilines is 1. The lowest BCUT2D eigenvalue weighted by Gasteiger charge is -2.30. The summed E-state index contributed by atoms with van der Waals surface area (Å²) < 4.78 is 18.6. The molecule has 8 heteroatoms. The van der Waals surface area contributed by atoms with Gasteiger partial charge in [-0.2, -0.15) is 0 Å². The minimum Gasteiger partial charge on any atom is -0.385 e. The van der Waals surface area contributed by atoms with Crippen molar-refractivity contribution in [2.45, 2.75) is 19.4 Å². The van der Waals surface area contributed by atoms with Crippen LogP contribution in [0.3, 0.4) is 0 Å². The Bertz CT molecular complexity index is 1100. The molecule has 0 aliphatic carbocycles. The van der Waals surface area contributed by atoms with Crippen LogP contribution in [0.5, 0.6) is 0 Å². The van der Waals surface area contributed by atoms with Crippen LogP contribution in [0, 0.1) is 5.82 Å². The summed E-state index contributed by atoms with van der Waals surface area (Å²) in [5, 5.41) is 4.04. The highest BCUT2D eigenvalue weighted by Gasteiger charge is 2.23. The number of benzene rings is 2. The quantitative estimate of drug-likeness (QED) is 0.519. The molecule has 0 saturated carbocycles. The van der Waals surface area contributed by atoms with E-state index in [1.165, 1.54) is 18.2 Å². The average molecular weight is 432 g/mol. The molecule has 1 atom stereocenters. The van der Waals surface area contributed by atoms with E-state index in [9.17, 15) is 14.0 Å². The second kappa shape index (κ2) is 9.73. The van der Waals surface area contributed by atoms with Crippen LogP contribution >= 0.6 is 11.6 Å². The van der Waals surface area contributed by atoms with E-state index < -0.39 is 5.82 Å². The highest BCUT2D eigenvalue weighted by Crippen LogP contribution is 2.27. The maximum atomic E-state index is 13.4. The molecular weight excluding hydrogens is 409 g/mol. The summed E-state index contributed by atoms with van der Waals surface area (Å²) in [6.07, 6.45) is 2.26. The van der Waals surface area contributed by atoms with Gasteiger partial charge in [-0.1, -0.05) is 29.8 Å². The average Bonchev–Trinajstić information content (AvgIpc) is 2.74. The van der Waals surface area contributed by atoms with Gasteiger partial charge in [-0.05, 0) is 48.6 Å². The predicted octanol–water partition coefficient (Wildman–Crippen LogP) is 4.95. The summed E-state index contributed by atoms with van der Waals surface area (Å²) in [6, 6.07) is 10.6. The van der Waals surface area contributed by atoms with Crippen LogP contribution in [-0.4, -0.2) is 36.2 Å². The van der Waals surface area contributed by atoms with Crippen LogP contribution in [0.2, 0.25) is 5.02 Å². The zero-order valence-corrected chi connectivity index (χ0v) is 17.5. The van der Waals surface area contributed by atoms with Gasteiger partial charge in [0.05, 0.1) is 11.1 Å². The lowest BCUT2D eigenvalue weighted by molar-refractivity contribution is 0.161. The fraction of sp³-hybridized carbons (Fsp3) is 0.273. The lowest BCUT2D eigenvalue weighted by Crippen LogP contribution is -2.38. The van der Waals surface area contributed by atoms with E-state index in [1.807, 2.05) is 19.1 Å². The molecule has 0 aliphatic rings. The van der Waals surface area contributed by atoms with Crippen LogP contribution in [0.4, 0.5) is 14.9 Å². The van der Waals surface area contributed by atoms with Crippen molar-refractivity contribution in [3.63, 3.8) is 0 Å². The number of rotatable bonds is 7. The molecule has 1 aromatic heterocycles. The van der Waals surface area contributed by atoms with Crippen LogP contribution in [0.15, 0.2) is 53.5 Å². The number of halogens is 2. The van der Waals surface area contributed by atoms with Gasteiger partial charge in [-0.15, -0.1) is 0 Å². The third-order valence-electron chi connectivity index (χ3n) is 4.94. The molecule has 6 nitrogen and oxygen atoms in total. The largest absolute Gasteiger partial charge is 0.385 e. The van der Waals surface area contributed by atoms with Crippen molar-refractivity contribution >= 4 is 34.1 Å². The zero-order valence-electron chi connectivity index (χ0n) is 16.7. The van der Waals surface area contributed by atoms with Crippen LogP contribution < -0.4 is 10.9 Å². The number of pyridine rings is 1. The van der Waals surface area contributed by atoms with E-state index in [-0.39, 0.29) is 22.7 Å². The summed E-state index contributed by atoms with van der Waals surface area (Å²) >= 11 is 5.83. The van der Waals surface area contributed by atoms with Gasteiger partial charge < -0.3 is 19.9 Å². The number of methoxy groups -OCH3 is 1. The number of H-pyrrole nitrogens is 1. The first-order valence-corrected chi connectivity index (χ1v) is 9.92. The fourth-order valence-electron chi connectivity index (χ4n) is 3.36. The molecule has 0 fully saturated rings. The molecule has 158 valence electrons. The molecule has 0 bridgehead atoms. The van der Waals surface area contributed by atoms with Crippen molar-refractivity contribution < 1.29 is 13.9 Å². The summed E-state index contributed by atoms with van der Waals surface area (Å²) in [6.45, 7) is 2.80. The van der Waals surface area contributed by atoms with Gasteiger partial charge in [0, 0.05) is 37.5 Å². The summed E-state index contributed by atoms with van der Waals surface area (Å²) in [7, 11) is 1.60. The number of hydrogen-bond donors (Lipinski definition) is 2. The van der Waals surface area contributed by atoms with E-state index in [1.54, 1.807) is 30.3 Å². The van der Waals surface area contributed by atoms with Crippen molar-refractivity contribution in [2.75, 3.05) is 25.6 Å². The molecule has 3 aromatic rings. The molecule has 2 aromatic carbocycles. The number of nitrogens with zero attached hydrogens (tertiary/aromatic N) is 1. The van der Waals surface area contributed by atoms with Crippen molar-refractivity contribution in [1.82, 2.24) is 9.88 Å². The fourth-order valence-corrected chi connectivity index (χ4v) is 3.55. The molecule has 2 N–H and O–H groups in total. The first-order chi connectivity index (χ1) is 14.4. The molecule has 0 aliphatic heterocycles. The Morgan fingerprint density at radius 1 is 1.27 bits per heavy atom. The molecule has 1 heterocycles. The molecule has 0 radical (unpaired) electrons. The molecule has 2 amide bonds. The number of urea groups is 1. The zero-order chi connectivity index (χ0) is 21.7. The molecular formula is C22H23ClFN3O3. The minimum atomic E-state index is -0.556. The Kier molecular flexibility index (Phi) is 7.07. The molecule has 3 rings (SSSR count). The topological polar surface area (TPSA) is 74.4 Å². The normalized spacial score (nSPS) is 12.0. The van der Waals surface area contributed by atoms with Gasteiger partial charge in [0.2, 0.25) is 0 Å². The number of carbonyl (C=O) groups is 1. The van der Waals surface area contributed by atoms with Gasteiger partial charge in [-0.3, -0.25) is 4.79 Å². The van der Waals surface area contributed by atoms with Crippen molar-refractivity contribution in [1.29, 1.82) is 0 Å². The van der Waals surface area contributed by atoms with E-state index >= 15 is 0 Å². The van der Waals surface area contributed by atoms with Gasteiger partial charge in [0.25, 0.3) is 5.56 Å². The second-order valence-corrected chi connectivity index (χ2v) is 7.30. The van der Waals surface area contributed by atoms with Crippen LogP contribution in [-0.2, 0) is 4.74 Å². The van der Waals surface area contributed by atoms with Crippen LogP contribution in [0.1, 0.15) is 24.9 Å². The molecule has 0 unspecified atom stereocenters. The molecule has 0 saturated heterocycles. The Morgan fingerprint density at radius 3 is 2.70 bits per heavy atom. The maximum absolute atomic E-state index is 13.4. The third-order valence-corrected chi connectivity index (χ3v) is 5.23. The van der Waals surface area contributed by atoms with Crippen molar-refractivity contribution in [2.24, 2.45) is 0 Å². The predicted molar refractivity (Wildman–Crippen MR) is 117 cm³/mol. The monoisotopic (exact) mass is 431 g/mol. The third kappa shape index (κ3) is 4.80. The summed E-state index contributed by atoms with van der Waals surface area (Å²) in [5.74, 6) is -0.556. The van der Waals surface area contributed by atoms with Crippen LogP contribution in [0.25, 0.3) is 10.8 Å². The number of amides is 2. The van der Waals surface area contributed by atoms with Crippen molar-refractivity contribution in [3.8, 4) is 0 Å². The summed E-state index contributed by atoms with van der Waals surface area (Å²) in [4.78, 5) is 29.6. The number of carbonyl (C=O) groups excluding carboxylic acids is 1. The molecule has 30 heavy (non-hydrogen) atoms. The smallest absolute Gasteiger partial charge is 0.322 e. The Balaban J connectivity index is 1.92. The first kappa shape index (κ1) is 21.8. The first-order valence-electron chi connectivity index (χ1n) is 9.54. The highest BCUT2D eigenvalue weighted by atomic mass is 35.5. The van der Waals surface area contributed by atoms with Crippen molar-refractivity contribution in [3.05, 3.63) is 75.4 Å². The van der Waals surface area contributed by atoms with Gasteiger partial charge in [0.15, 0.2) is 0 Å². The Morgan fingerprint density at radius 2 is 2.00 bits per heavy atom. The standard InChI is InChI=1S/C22H23ClFN3O3/c1-14(18-13-25-21(28)17-7-4-3-6-16(17)18)27(10-5-11-30-2)22(29)26-15-8-9-20(24)19(23)12-15/h3-4,6-9,12-14H,5,10-11H2,1-2H3,(H,25,28)(H,26,29)/t14-/m1/s1. The highest BCUT2D eigenvalue weighted by molar-refractivity contribution is 6.31. The van der Waals surface area contributed by atoms with E-state index in [0.29, 0.717) is 30.6 Å². The number of fused-ring (bicyclic) bond motifs is 1. The van der Waals surface area contributed by atoms with Gasteiger partial charge in [-0.25, -0.2) is 9.18 Å². The number of aromatic amines is 1. The van der Waals surface area contributed by atoms with E-state index in [2.05, 4.69) is 10.3 Å². The number of nitrogens with one attached hydrogen (secondary N) is 2. The van der Waals surface area contributed by atoms with Gasteiger partial charge in [0.1, 0.15) is 5.82 Å². The number of ether oxygens (including phenoxy) is 1. The number of aromatic nitrogens is 1. The lowest BCUT2D eigenvalue weighted by atomic mass is 10.0. The Hall–Kier alpha value is -2.90. The van der Waals surface area contributed by atoms with Gasteiger partial charge >= 0.3 is 6.03 Å².